The van der Waals surface area contributed by atoms with Crippen LogP contribution in [-0.4, -0.2) is 17.0 Å². The quantitative estimate of drug-likeness (QED) is 0.791. The molecule has 0 aliphatic heterocycles. The van der Waals surface area contributed by atoms with E-state index in [1.165, 1.54) is 5.56 Å². The summed E-state index contributed by atoms with van der Waals surface area (Å²) in [5.41, 5.74) is 6.42. The molecule has 1 aliphatic carbocycles. The number of nitrogens with two attached hydrogens (primary N) is 1. The molecule has 86 valence electrons. The van der Waals surface area contributed by atoms with E-state index < -0.39 is 5.97 Å². The first-order valence-corrected chi connectivity index (χ1v) is 5.06. The summed E-state index contributed by atoms with van der Waals surface area (Å²) in [6.45, 7) is 1.08. The molecule has 4 heteroatoms. The Hall–Kier alpha value is -1.84. The molecular formula is C12H15NO3. The second kappa shape index (κ2) is 5.30. The van der Waals surface area contributed by atoms with Crippen LogP contribution < -0.4 is 5.73 Å². The van der Waals surface area contributed by atoms with E-state index in [4.69, 9.17) is 15.6 Å². The number of carbonyl (C=O) groups excluding carboxylic acids is 1. The van der Waals surface area contributed by atoms with Crippen LogP contribution in [0.1, 0.15) is 24.8 Å². The van der Waals surface area contributed by atoms with Gasteiger partial charge in [0.15, 0.2) is 0 Å². The number of aliphatic carboxylic acids is 1. The van der Waals surface area contributed by atoms with Crippen molar-refractivity contribution in [3.8, 4) is 0 Å². The van der Waals surface area contributed by atoms with Crippen molar-refractivity contribution >= 4 is 11.9 Å². The van der Waals surface area contributed by atoms with Crippen molar-refractivity contribution in [2.75, 3.05) is 0 Å². The molecule has 0 saturated heterocycles. The van der Waals surface area contributed by atoms with E-state index in [1.54, 1.807) is 0 Å². The average Bonchev–Trinajstić information content (AvgIpc) is 2.97. The molecule has 0 radical (unpaired) electrons. The highest BCUT2D eigenvalue weighted by molar-refractivity contribution is 5.81. The maximum Gasteiger partial charge on any atom is 0.300 e. The lowest BCUT2D eigenvalue weighted by atomic mass is 10.1. The first kappa shape index (κ1) is 12.2. The minimum Gasteiger partial charge on any atom is -0.481 e. The first-order chi connectivity index (χ1) is 7.52. The first-order valence-electron chi connectivity index (χ1n) is 5.06. The Kier molecular flexibility index (Phi) is 4.05. The van der Waals surface area contributed by atoms with Crippen LogP contribution in [0.2, 0.25) is 0 Å². The van der Waals surface area contributed by atoms with Crippen LogP contribution in [-0.2, 0) is 9.59 Å². The lowest BCUT2D eigenvalue weighted by Crippen LogP contribution is -2.13. The third-order valence-electron chi connectivity index (χ3n) is 2.38. The molecule has 0 bridgehead atoms. The van der Waals surface area contributed by atoms with E-state index in [2.05, 4.69) is 0 Å². The second-order valence-corrected chi connectivity index (χ2v) is 3.78. The molecule has 1 aliphatic rings. The van der Waals surface area contributed by atoms with Gasteiger partial charge in [0.2, 0.25) is 5.91 Å². The van der Waals surface area contributed by atoms with E-state index in [-0.39, 0.29) is 11.8 Å². The predicted octanol–water partition coefficient (Wildman–Crippen LogP) is 1.37. The molecule has 2 rings (SSSR count). The molecule has 1 amide bonds. The highest BCUT2D eigenvalue weighted by atomic mass is 16.4. The Balaban J connectivity index is 0.000000280. The number of rotatable bonds is 2. The molecule has 1 aromatic rings. The smallest absolute Gasteiger partial charge is 0.300 e. The Morgan fingerprint density at radius 3 is 2.19 bits per heavy atom. The zero-order valence-corrected chi connectivity index (χ0v) is 9.09. The van der Waals surface area contributed by atoms with E-state index >= 15 is 0 Å². The fraction of sp³-hybridized carbons (Fsp3) is 0.333. The fourth-order valence-corrected chi connectivity index (χ4v) is 1.58. The number of amides is 1. The zero-order valence-electron chi connectivity index (χ0n) is 9.09. The summed E-state index contributed by atoms with van der Waals surface area (Å²) >= 11 is 0. The molecular weight excluding hydrogens is 206 g/mol. The SMILES string of the molecule is CC(=O)O.NC(=O)[C@@H]1C[C@H]1c1ccccc1. The standard InChI is InChI=1S/C10H11NO.C2H4O2/c11-10(12)9-6-8(9)7-4-2-1-3-5-7;1-2(3)4/h1-5,8-9H,6H2,(H2,11,12);1H3,(H,3,4)/t8-,9+;/m0./s1. The summed E-state index contributed by atoms with van der Waals surface area (Å²) in [6.07, 6.45) is 0.930. The molecule has 0 spiro atoms. The van der Waals surface area contributed by atoms with Gasteiger partial charge in [0, 0.05) is 12.8 Å². The molecule has 2 atom stereocenters. The monoisotopic (exact) mass is 221 g/mol. The van der Waals surface area contributed by atoms with Gasteiger partial charge in [-0.15, -0.1) is 0 Å². The van der Waals surface area contributed by atoms with Crippen molar-refractivity contribution in [3.63, 3.8) is 0 Å². The van der Waals surface area contributed by atoms with Crippen LogP contribution >= 0.6 is 0 Å². The summed E-state index contributed by atoms with van der Waals surface area (Å²) in [7, 11) is 0. The number of carboxylic acid groups (broad SMARTS) is 1. The summed E-state index contributed by atoms with van der Waals surface area (Å²) < 4.78 is 0. The van der Waals surface area contributed by atoms with Gasteiger partial charge in [-0.1, -0.05) is 30.3 Å². The van der Waals surface area contributed by atoms with Crippen LogP contribution in [0.25, 0.3) is 0 Å². The van der Waals surface area contributed by atoms with Gasteiger partial charge in [-0.3, -0.25) is 9.59 Å². The lowest BCUT2D eigenvalue weighted by Gasteiger charge is -1.95. The van der Waals surface area contributed by atoms with Crippen LogP contribution in [0.4, 0.5) is 0 Å². The zero-order chi connectivity index (χ0) is 12.1. The lowest BCUT2D eigenvalue weighted by molar-refractivity contribution is -0.134. The molecule has 1 fully saturated rings. The maximum atomic E-state index is 10.8. The Morgan fingerprint density at radius 2 is 1.81 bits per heavy atom. The normalized spacial score (nSPS) is 21.6. The van der Waals surface area contributed by atoms with E-state index in [1.807, 2.05) is 30.3 Å². The summed E-state index contributed by atoms with van der Waals surface area (Å²) in [6, 6.07) is 10.1. The largest absolute Gasteiger partial charge is 0.481 e. The molecule has 0 unspecified atom stereocenters. The van der Waals surface area contributed by atoms with Crippen LogP contribution in [0, 0.1) is 5.92 Å². The minimum absolute atomic E-state index is 0.0902. The van der Waals surface area contributed by atoms with Crippen LogP contribution in [0.5, 0.6) is 0 Å². The molecule has 4 nitrogen and oxygen atoms in total. The number of primary amides is 1. The summed E-state index contributed by atoms with van der Waals surface area (Å²) in [5.74, 6) is -0.514. The third kappa shape index (κ3) is 3.73. The van der Waals surface area contributed by atoms with Crippen molar-refractivity contribution in [1.29, 1.82) is 0 Å². The molecule has 1 saturated carbocycles. The molecule has 16 heavy (non-hydrogen) atoms. The van der Waals surface area contributed by atoms with Gasteiger partial charge < -0.3 is 10.8 Å². The fourth-order valence-electron chi connectivity index (χ4n) is 1.58. The molecule has 1 aromatic carbocycles. The molecule has 3 N–H and O–H groups in total. The van der Waals surface area contributed by atoms with Crippen molar-refractivity contribution < 1.29 is 14.7 Å². The Bertz CT molecular complexity index is 371. The predicted molar refractivity (Wildman–Crippen MR) is 59.8 cm³/mol. The average molecular weight is 221 g/mol. The summed E-state index contributed by atoms with van der Waals surface area (Å²) in [5, 5.41) is 7.42. The number of carboxylic acids is 1. The van der Waals surface area contributed by atoms with Crippen LogP contribution in [0.15, 0.2) is 30.3 Å². The second-order valence-electron chi connectivity index (χ2n) is 3.78. The number of benzene rings is 1. The molecule has 0 aromatic heterocycles. The Morgan fingerprint density at radius 1 is 1.31 bits per heavy atom. The number of hydrogen-bond acceptors (Lipinski definition) is 2. The van der Waals surface area contributed by atoms with Gasteiger partial charge in [0.1, 0.15) is 0 Å². The van der Waals surface area contributed by atoms with Crippen molar-refractivity contribution in [3.05, 3.63) is 35.9 Å². The van der Waals surface area contributed by atoms with Gasteiger partial charge in [-0.25, -0.2) is 0 Å². The van der Waals surface area contributed by atoms with Gasteiger partial charge in [0.25, 0.3) is 5.97 Å². The van der Waals surface area contributed by atoms with Gasteiger partial charge in [0.05, 0.1) is 0 Å². The van der Waals surface area contributed by atoms with Gasteiger partial charge in [-0.2, -0.15) is 0 Å². The topological polar surface area (TPSA) is 80.4 Å². The highest BCUT2D eigenvalue weighted by Gasteiger charge is 2.42. The Labute approximate surface area is 94.1 Å². The number of carbonyl (C=O) groups is 2. The van der Waals surface area contributed by atoms with E-state index in [9.17, 15) is 4.79 Å². The van der Waals surface area contributed by atoms with E-state index in [0.29, 0.717) is 5.92 Å². The maximum absolute atomic E-state index is 10.8. The number of hydrogen-bond donors (Lipinski definition) is 2. The minimum atomic E-state index is -0.833. The third-order valence-corrected chi connectivity index (χ3v) is 2.38. The van der Waals surface area contributed by atoms with Crippen molar-refractivity contribution in [2.45, 2.75) is 19.3 Å². The van der Waals surface area contributed by atoms with Crippen molar-refractivity contribution in [2.24, 2.45) is 11.7 Å². The molecule has 0 heterocycles. The van der Waals surface area contributed by atoms with E-state index in [0.717, 1.165) is 13.3 Å². The van der Waals surface area contributed by atoms with Gasteiger partial charge >= 0.3 is 0 Å². The van der Waals surface area contributed by atoms with Gasteiger partial charge in [-0.05, 0) is 17.9 Å². The van der Waals surface area contributed by atoms with Crippen LogP contribution in [0.3, 0.4) is 0 Å². The summed E-state index contributed by atoms with van der Waals surface area (Å²) in [4.78, 5) is 19.8. The highest BCUT2D eigenvalue weighted by Crippen LogP contribution is 2.46. The van der Waals surface area contributed by atoms with Crippen molar-refractivity contribution in [1.82, 2.24) is 0 Å².